The van der Waals surface area contributed by atoms with Gasteiger partial charge in [-0.05, 0) is 61.7 Å². The van der Waals surface area contributed by atoms with Gasteiger partial charge >= 0.3 is 0 Å². The molecule has 0 saturated carbocycles. The van der Waals surface area contributed by atoms with E-state index < -0.39 is 0 Å². The number of hydrogen-bond donors (Lipinski definition) is 0. The highest BCUT2D eigenvalue weighted by atomic mass is 15.4. The molecular formula is C23H23N3. The largest absolute Gasteiger partial charge is 0.352 e. The second-order valence-corrected chi connectivity index (χ2v) is 7.52. The summed E-state index contributed by atoms with van der Waals surface area (Å²) in [6.45, 7) is 6.53. The molecule has 1 aliphatic carbocycles. The Labute approximate surface area is 154 Å². The Balaban J connectivity index is 1.69. The van der Waals surface area contributed by atoms with Gasteiger partial charge in [0, 0.05) is 30.4 Å². The van der Waals surface area contributed by atoms with E-state index in [9.17, 15) is 0 Å². The van der Waals surface area contributed by atoms with Crippen LogP contribution in [-0.4, -0.2) is 18.2 Å². The van der Waals surface area contributed by atoms with Crippen LogP contribution >= 0.6 is 0 Å². The van der Waals surface area contributed by atoms with Crippen LogP contribution in [0.1, 0.15) is 29.4 Å². The van der Waals surface area contributed by atoms with Crippen molar-refractivity contribution in [2.45, 2.75) is 33.4 Å². The number of para-hydroxylation sites is 1. The number of benzene rings is 2. The molecule has 130 valence electrons. The van der Waals surface area contributed by atoms with Gasteiger partial charge in [0.15, 0.2) is 0 Å². The van der Waals surface area contributed by atoms with E-state index in [0.29, 0.717) is 6.17 Å². The molecule has 2 heterocycles. The van der Waals surface area contributed by atoms with E-state index in [2.05, 4.69) is 86.1 Å². The van der Waals surface area contributed by atoms with Crippen LogP contribution < -0.4 is 9.80 Å². The van der Waals surface area contributed by atoms with Gasteiger partial charge in [-0.2, -0.15) is 0 Å². The SMILES string of the molecule is Cc1ccc2c(n1)Cc1cc3c(cc1-2)N(C)[C@H](C)N3c1ccccc1C. The summed E-state index contributed by atoms with van der Waals surface area (Å²) in [6, 6.07) is 17.7. The first kappa shape index (κ1) is 15.4. The first-order valence-corrected chi connectivity index (χ1v) is 9.26. The fourth-order valence-corrected chi connectivity index (χ4v) is 4.40. The smallest absolute Gasteiger partial charge is 0.103 e. The van der Waals surface area contributed by atoms with Gasteiger partial charge in [-0.1, -0.05) is 24.3 Å². The normalized spacial score (nSPS) is 17.3. The van der Waals surface area contributed by atoms with E-state index in [0.717, 1.165) is 12.1 Å². The Hall–Kier alpha value is -2.81. The summed E-state index contributed by atoms with van der Waals surface area (Å²) in [5.74, 6) is 0. The number of pyridine rings is 1. The molecule has 5 rings (SSSR count). The molecule has 3 heteroatoms. The Bertz CT molecular complexity index is 1040. The minimum absolute atomic E-state index is 0.296. The zero-order valence-electron chi connectivity index (χ0n) is 15.7. The molecule has 0 saturated heterocycles. The van der Waals surface area contributed by atoms with Crippen LogP contribution in [0.25, 0.3) is 11.1 Å². The monoisotopic (exact) mass is 341 g/mol. The maximum atomic E-state index is 4.77. The third-order valence-electron chi connectivity index (χ3n) is 5.91. The van der Waals surface area contributed by atoms with Crippen molar-refractivity contribution in [3.63, 3.8) is 0 Å². The van der Waals surface area contributed by atoms with Crippen molar-refractivity contribution in [1.82, 2.24) is 4.98 Å². The summed E-state index contributed by atoms with van der Waals surface area (Å²) < 4.78 is 0. The maximum Gasteiger partial charge on any atom is 0.103 e. The number of aryl methyl sites for hydroxylation is 2. The van der Waals surface area contributed by atoms with E-state index in [-0.39, 0.29) is 0 Å². The van der Waals surface area contributed by atoms with E-state index in [1.54, 1.807) is 0 Å². The molecular weight excluding hydrogens is 318 g/mol. The molecule has 0 fully saturated rings. The summed E-state index contributed by atoms with van der Waals surface area (Å²) >= 11 is 0. The molecule has 1 aromatic heterocycles. The summed E-state index contributed by atoms with van der Waals surface area (Å²) in [7, 11) is 2.19. The highest BCUT2D eigenvalue weighted by Gasteiger charge is 2.34. The fourth-order valence-electron chi connectivity index (χ4n) is 4.40. The molecule has 2 aliphatic rings. The minimum Gasteiger partial charge on any atom is -0.352 e. The number of fused-ring (bicyclic) bond motifs is 4. The molecule has 26 heavy (non-hydrogen) atoms. The van der Waals surface area contributed by atoms with Crippen molar-refractivity contribution in [3.8, 4) is 11.1 Å². The van der Waals surface area contributed by atoms with Gasteiger partial charge in [0.1, 0.15) is 6.17 Å². The molecule has 1 atom stereocenters. The fraction of sp³-hybridized carbons (Fsp3) is 0.261. The molecule has 2 aromatic carbocycles. The topological polar surface area (TPSA) is 19.4 Å². The molecule has 3 nitrogen and oxygen atoms in total. The molecule has 0 N–H and O–H groups in total. The Morgan fingerprint density at radius 1 is 0.923 bits per heavy atom. The second kappa shape index (κ2) is 5.34. The summed E-state index contributed by atoms with van der Waals surface area (Å²) in [6.07, 6.45) is 1.23. The zero-order chi connectivity index (χ0) is 18.0. The number of anilines is 3. The summed E-state index contributed by atoms with van der Waals surface area (Å²) in [5.41, 5.74) is 11.5. The van der Waals surface area contributed by atoms with Gasteiger partial charge < -0.3 is 9.80 Å². The van der Waals surface area contributed by atoms with Gasteiger partial charge in [-0.3, -0.25) is 4.98 Å². The lowest BCUT2D eigenvalue weighted by Crippen LogP contribution is -2.35. The summed E-state index contributed by atoms with van der Waals surface area (Å²) in [5, 5.41) is 0. The predicted molar refractivity (Wildman–Crippen MR) is 108 cm³/mol. The summed E-state index contributed by atoms with van der Waals surface area (Å²) in [4.78, 5) is 9.61. The minimum atomic E-state index is 0.296. The van der Waals surface area contributed by atoms with Gasteiger partial charge in [-0.25, -0.2) is 0 Å². The molecule has 3 aromatic rings. The third-order valence-corrected chi connectivity index (χ3v) is 5.91. The van der Waals surface area contributed by atoms with E-state index in [4.69, 9.17) is 4.98 Å². The Kier molecular flexibility index (Phi) is 3.17. The standard InChI is InChI=1S/C23H23N3/c1-14-7-5-6-8-21(14)26-16(3)25(4)22-13-19-17(12-23(22)26)11-20-18(19)10-9-15(2)24-20/h5-10,12-13,16H,11H2,1-4H3/t16-/m0/s1. The van der Waals surface area contributed by atoms with Gasteiger partial charge in [0.25, 0.3) is 0 Å². The van der Waals surface area contributed by atoms with Crippen LogP contribution in [0, 0.1) is 13.8 Å². The van der Waals surface area contributed by atoms with Crippen LogP contribution in [0.2, 0.25) is 0 Å². The second-order valence-electron chi connectivity index (χ2n) is 7.52. The van der Waals surface area contributed by atoms with Gasteiger partial charge in [0.05, 0.1) is 17.1 Å². The van der Waals surface area contributed by atoms with E-state index >= 15 is 0 Å². The lowest BCUT2D eigenvalue weighted by Gasteiger charge is -2.29. The van der Waals surface area contributed by atoms with E-state index in [1.165, 1.54) is 45.0 Å². The van der Waals surface area contributed by atoms with Crippen LogP contribution in [0.3, 0.4) is 0 Å². The molecule has 0 spiro atoms. The van der Waals surface area contributed by atoms with Crippen LogP contribution in [0.4, 0.5) is 17.1 Å². The van der Waals surface area contributed by atoms with Crippen LogP contribution in [-0.2, 0) is 6.42 Å². The number of aromatic nitrogens is 1. The van der Waals surface area contributed by atoms with Crippen molar-refractivity contribution in [3.05, 3.63) is 71.0 Å². The van der Waals surface area contributed by atoms with Crippen LogP contribution in [0.5, 0.6) is 0 Å². The van der Waals surface area contributed by atoms with Gasteiger partial charge in [-0.15, -0.1) is 0 Å². The highest BCUT2D eigenvalue weighted by molar-refractivity contribution is 5.91. The Morgan fingerprint density at radius 3 is 2.54 bits per heavy atom. The molecule has 0 unspecified atom stereocenters. The predicted octanol–water partition coefficient (Wildman–Crippen LogP) is 5.20. The average molecular weight is 341 g/mol. The van der Waals surface area contributed by atoms with Crippen molar-refractivity contribution in [2.24, 2.45) is 0 Å². The quantitative estimate of drug-likeness (QED) is 0.474. The maximum absolute atomic E-state index is 4.77. The Morgan fingerprint density at radius 2 is 1.73 bits per heavy atom. The molecule has 1 aliphatic heterocycles. The first-order chi connectivity index (χ1) is 12.5. The van der Waals surface area contributed by atoms with Crippen molar-refractivity contribution < 1.29 is 0 Å². The molecule has 0 radical (unpaired) electrons. The lowest BCUT2D eigenvalue weighted by molar-refractivity contribution is 0.732. The zero-order valence-corrected chi connectivity index (χ0v) is 15.7. The third kappa shape index (κ3) is 2.03. The number of hydrogen-bond acceptors (Lipinski definition) is 3. The van der Waals surface area contributed by atoms with E-state index in [1.807, 2.05) is 0 Å². The average Bonchev–Trinajstić information content (AvgIpc) is 3.09. The van der Waals surface area contributed by atoms with Gasteiger partial charge in [0.2, 0.25) is 0 Å². The highest BCUT2D eigenvalue weighted by Crippen LogP contribution is 2.49. The number of nitrogens with zero attached hydrogens (tertiary/aromatic N) is 3. The lowest BCUT2D eigenvalue weighted by atomic mass is 10.0. The number of rotatable bonds is 1. The molecule has 0 amide bonds. The molecule has 0 bridgehead atoms. The van der Waals surface area contributed by atoms with Crippen molar-refractivity contribution in [2.75, 3.05) is 16.8 Å². The van der Waals surface area contributed by atoms with Crippen LogP contribution in [0.15, 0.2) is 48.5 Å². The first-order valence-electron chi connectivity index (χ1n) is 9.26. The van der Waals surface area contributed by atoms with Crippen molar-refractivity contribution >= 4 is 17.1 Å². The van der Waals surface area contributed by atoms with Crippen molar-refractivity contribution in [1.29, 1.82) is 0 Å².